The van der Waals surface area contributed by atoms with Crippen molar-refractivity contribution in [2.24, 2.45) is 0 Å². The van der Waals surface area contributed by atoms with Gasteiger partial charge in [0.15, 0.2) is 5.16 Å². The molecule has 0 unspecified atom stereocenters. The third kappa shape index (κ3) is 3.17. The van der Waals surface area contributed by atoms with E-state index >= 15 is 0 Å². The van der Waals surface area contributed by atoms with Crippen molar-refractivity contribution < 1.29 is 0 Å². The molecule has 0 saturated heterocycles. The van der Waals surface area contributed by atoms with Crippen molar-refractivity contribution in [3.8, 4) is 5.69 Å². The molecule has 1 heterocycles. The van der Waals surface area contributed by atoms with E-state index < -0.39 is 0 Å². The highest BCUT2D eigenvalue weighted by Crippen LogP contribution is 2.41. The Labute approximate surface area is 140 Å². The first kappa shape index (κ1) is 14.5. The molecule has 1 aliphatic carbocycles. The van der Waals surface area contributed by atoms with Crippen LogP contribution in [0.2, 0.25) is 0 Å². The van der Waals surface area contributed by atoms with E-state index in [1.54, 1.807) is 11.8 Å². The summed E-state index contributed by atoms with van der Waals surface area (Å²) in [4.78, 5) is 0. The summed E-state index contributed by atoms with van der Waals surface area (Å²) in [6.45, 7) is 2.12. The second-order valence-corrected chi connectivity index (χ2v) is 7.00. The van der Waals surface area contributed by atoms with Crippen molar-refractivity contribution >= 4 is 11.8 Å². The Morgan fingerprint density at radius 2 is 1.74 bits per heavy atom. The molecule has 2 aromatic carbocycles. The van der Waals surface area contributed by atoms with Crippen molar-refractivity contribution in [3.05, 3.63) is 71.5 Å². The normalized spacial score (nSPS) is 14.1. The van der Waals surface area contributed by atoms with Gasteiger partial charge in [-0.25, -0.2) is 0 Å². The summed E-state index contributed by atoms with van der Waals surface area (Å²) in [6, 6.07) is 19.1. The van der Waals surface area contributed by atoms with Gasteiger partial charge in [0.05, 0.1) is 0 Å². The first-order chi connectivity index (χ1) is 11.3. The molecule has 1 saturated carbocycles. The number of hydrogen-bond acceptors (Lipinski definition) is 3. The molecule has 23 heavy (non-hydrogen) atoms. The fraction of sp³-hybridized carbons (Fsp3) is 0.263. The highest BCUT2D eigenvalue weighted by atomic mass is 32.2. The molecule has 3 nitrogen and oxygen atoms in total. The number of rotatable bonds is 5. The average Bonchev–Trinajstić information content (AvgIpc) is 3.35. The van der Waals surface area contributed by atoms with Crippen LogP contribution < -0.4 is 0 Å². The maximum Gasteiger partial charge on any atom is 0.196 e. The second kappa shape index (κ2) is 6.20. The number of nitrogens with zero attached hydrogens (tertiary/aromatic N) is 3. The van der Waals surface area contributed by atoms with Gasteiger partial charge >= 0.3 is 0 Å². The minimum Gasteiger partial charge on any atom is -0.274 e. The summed E-state index contributed by atoms with van der Waals surface area (Å²) in [5.41, 5.74) is 3.77. The lowest BCUT2D eigenvalue weighted by Crippen LogP contribution is -2.01. The molecule has 0 spiro atoms. The lowest BCUT2D eigenvalue weighted by molar-refractivity contribution is 0.829. The zero-order valence-electron chi connectivity index (χ0n) is 13.1. The number of para-hydroxylation sites is 1. The molecule has 0 aliphatic heterocycles. The maximum atomic E-state index is 4.47. The Balaban J connectivity index is 1.62. The van der Waals surface area contributed by atoms with Crippen LogP contribution in [-0.4, -0.2) is 14.8 Å². The minimum absolute atomic E-state index is 0.580. The SMILES string of the molecule is Cc1ccc(CSc2nnc(C3CC3)n2-c2ccccc2)cc1. The Bertz CT molecular complexity index is 789. The highest BCUT2D eigenvalue weighted by molar-refractivity contribution is 7.98. The molecule has 4 rings (SSSR count). The molecule has 0 atom stereocenters. The van der Waals surface area contributed by atoms with E-state index in [2.05, 4.69) is 70.2 Å². The second-order valence-electron chi connectivity index (χ2n) is 6.06. The van der Waals surface area contributed by atoms with Crippen molar-refractivity contribution in [1.29, 1.82) is 0 Å². The summed E-state index contributed by atoms with van der Waals surface area (Å²) < 4.78 is 2.23. The van der Waals surface area contributed by atoms with Gasteiger partial charge in [0.2, 0.25) is 0 Å². The summed E-state index contributed by atoms with van der Waals surface area (Å²) >= 11 is 1.76. The fourth-order valence-corrected chi connectivity index (χ4v) is 3.55. The number of aromatic nitrogens is 3. The zero-order chi connectivity index (χ0) is 15.6. The van der Waals surface area contributed by atoms with Crippen LogP contribution in [0.1, 0.15) is 35.7 Å². The van der Waals surface area contributed by atoms with Gasteiger partial charge in [-0.3, -0.25) is 4.57 Å². The monoisotopic (exact) mass is 321 g/mol. The predicted octanol–water partition coefficient (Wildman–Crippen LogP) is 4.75. The van der Waals surface area contributed by atoms with Gasteiger partial charge in [0.25, 0.3) is 0 Å². The summed E-state index contributed by atoms with van der Waals surface area (Å²) in [5, 5.41) is 9.92. The Morgan fingerprint density at radius 1 is 1.00 bits per heavy atom. The number of aryl methyl sites for hydroxylation is 1. The topological polar surface area (TPSA) is 30.7 Å². The van der Waals surface area contributed by atoms with E-state index in [-0.39, 0.29) is 0 Å². The lowest BCUT2D eigenvalue weighted by Gasteiger charge is -2.09. The number of thioether (sulfide) groups is 1. The average molecular weight is 321 g/mol. The van der Waals surface area contributed by atoms with Gasteiger partial charge in [-0.2, -0.15) is 0 Å². The Kier molecular flexibility index (Phi) is 3.92. The van der Waals surface area contributed by atoms with Crippen LogP contribution in [0.3, 0.4) is 0 Å². The Hall–Kier alpha value is -2.07. The van der Waals surface area contributed by atoms with Gasteiger partial charge in [-0.1, -0.05) is 59.8 Å². The van der Waals surface area contributed by atoms with Gasteiger partial charge in [0.1, 0.15) is 5.82 Å². The molecular weight excluding hydrogens is 302 g/mol. The first-order valence-corrected chi connectivity index (χ1v) is 8.99. The van der Waals surface area contributed by atoms with E-state index in [4.69, 9.17) is 0 Å². The summed E-state index contributed by atoms with van der Waals surface area (Å²) in [7, 11) is 0. The largest absolute Gasteiger partial charge is 0.274 e. The van der Waals surface area contributed by atoms with Crippen molar-refractivity contribution in [2.45, 2.75) is 36.6 Å². The molecule has 1 aromatic heterocycles. The van der Waals surface area contributed by atoms with Gasteiger partial charge < -0.3 is 0 Å². The quantitative estimate of drug-likeness (QED) is 0.636. The molecule has 0 radical (unpaired) electrons. The van der Waals surface area contributed by atoms with E-state index in [0.29, 0.717) is 5.92 Å². The smallest absolute Gasteiger partial charge is 0.196 e. The number of hydrogen-bond donors (Lipinski definition) is 0. The van der Waals surface area contributed by atoms with Crippen molar-refractivity contribution in [3.63, 3.8) is 0 Å². The van der Waals surface area contributed by atoms with Gasteiger partial charge in [-0.05, 0) is 37.5 Å². The molecule has 3 aromatic rings. The van der Waals surface area contributed by atoms with Gasteiger partial charge in [-0.15, -0.1) is 10.2 Å². The number of benzene rings is 2. The summed E-state index contributed by atoms with van der Waals surface area (Å²) in [5.74, 6) is 2.61. The minimum atomic E-state index is 0.580. The molecule has 1 fully saturated rings. The molecule has 0 bridgehead atoms. The fourth-order valence-electron chi connectivity index (χ4n) is 2.63. The van der Waals surface area contributed by atoms with E-state index in [1.807, 2.05) is 6.07 Å². The van der Waals surface area contributed by atoms with Gasteiger partial charge in [0, 0.05) is 17.4 Å². The van der Waals surface area contributed by atoms with Crippen LogP contribution in [-0.2, 0) is 5.75 Å². The van der Waals surface area contributed by atoms with E-state index in [1.165, 1.54) is 24.0 Å². The highest BCUT2D eigenvalue weighted by Gasteiger charge is 2.30. The van der Waals surface area contributed by atoms with Crippen LogP contribution in [0.4, 0.5) is 0 Å². The first-order valence-electron chi connectivity index (χ1n) is 8.00. The molecule has 4 heteroatoms. The van der Waals surface area contributed by atoms with Crippen LogP contribution >= 0.6 is 11.8 Å². The third-order valence-electron chi connectivity index (χ3n) is 4.10. The van der Waals surface area contributed by atoms with E-state index in [9.17, 15) is 0 Å². The molecule has 0 N–H and O–H groups in total. The Morgan fingerprint density at radius 3 is 2.43 bits per heavy atom. The third-order valence-corrected chi connectivity index (χ3v) is 5.10. The van der Waals surface area contributed by atoms with Crippen molar-refractivity contribution in [2.75, 3.05) is 0 Å². The van der Waals surface area contributed by atoms with Crippen molar-refractivity contribution in [1.82, 2.24) is 14.8 Å². The predicted molar refractivity (Wildman–Crippen MR) is 94.1 cm³/mol. The van der Waals surface area contributed by atoms with Crippen LogP contribution in [0.25, 0.3) is 5.69 Å². The molecule has 116 valence electrons. The maximum absolute atomic E-state index is 4.47. The van der Waals surface area contributed by atoms with Crippen LogP contribution in [0, 0.1) is 6.92 Å². The van der Waals surface area contributed by atoms with Crippen LogP contribution in [0.15, 0.2) is 59.8 Å². The molecule has 1 aliphatic rings. The molecular formula is C19H19N3S. The lowest BCUT2D eigenvalue weighted by atomic mass is 10.2. The standard InChI is InChI=1S/C19H19N3S/c1-14-7-9-15(10-8-14)13-23-19-21-20-18(16-11-12-16)22(19)17-5-3-2-4-6-17/h2-10,16H,11-13H2,1H3. The summed E-state index contributed by atoms with van der Waals surface area (Å²) in [6.07, 6.45) is 2.46. The molecule has 0 amide bonds. The zero-order valence-corrected chi connectivity index (χ0v) is 14.0. The van der Waals surface area contributed by atoms with E-state index in [0.717, 1.165) is 22.4 Å². The van der Waals surface area contributed by atoms with Crippen LogP contribution in [0.5, 0.6) is 0 Å².